The normalized spacial score (nSPS) is 15.1. The minimum Gasteiger partial charge on any atom is -0.508 e. The molecule has 0 saturated carbocycles. The standard InChI is InChI=1S/C14H23NO/c1-5-14(10(2)3)15-11(4)12-6-8-13(16)9-7-12/h6-11,14-16H,5H2,1-4H3. The number of aromatic hydroxyl groups is 1. The Bertz CT molecular complexity index is 305. The number of rotatable bonds is 5. The number of phenols is 1. The van der Waals surface area contributed by atoms with Gasteiger partial charge >= 0.3 is 0 Å². The van der Waals surface area contributed by atoms with Gasteiger partial charge in [-0.2, -0.15) is 0 Å². The van der Waals surface area contributed by atoms with Gasteiger partial charge in [-0.1, -0.05) is 32.9 Å². The molecule has 0 fully saturated rings. The summed E-state index contributed by atoms with van der Waals surface area (Å²) >= 11 is 0. The van der Waals surface area contributed by atoms with Crippen molar-refractivity contribution in [3.05, 3.63) is 29.8 Å². The van der Waals surface area contributed by atoms with E-state index in [9.17, 15) is 5.11 Å². The summed E-state index contributed by atoms with van der Waals surface area (Å²) in [4.78, 5) is 0. The average molecular weight is 221 g/mol. The SMILES string of the molecule is CCC(NC(C)c1ccc(O)cc1)C(C)C. The largest absolute Gasteiger partial charge is 0.508 e. The predicted octanol–water partition coefficient (Wildman–Crippen LogP) is 3.48. The first-order chi connectivity index (χ1) is 7.54. The van der Waals surface area contributed by atoms with Crippen LogP contribution in [0.1, 0.15) is 45.7 Å². The Morgan fingerprint density at radius 3 is 2.12 bits per heavy atom. The van der Waals surface area contributed by atoms with Crippen LogP contribution in [0.2, 0.25) is 0 Å². The lowest BCUT2D eigenvalue weighted by molar-refractivity contribution is 0.355. The highest BCUT2D eigenvalue weighted by atomic mass is 16.3. The molecule has 0 aliphatic carbocycles. The van der Waals surface area contributed by atoms with Crippen molar-refractivity contribution in [3.8, 4) is 5.75 Å². The lowest BCUT2D eigenvalue weighted by Crippen LogP contribution is -2.35. The zero-order valence-electron chi connectivity index (χ0n) is 10.7. The van der Waals surface area contributed by atoms with Crippen molar-refractivity contribution in [3.63, 3.8) is 0 Å². The topological polar surface area (TPSA) is 32.3 Å². The van der Waals surface area contributed by atoms with Crippen molar-refractivity contribution in [2.24, 2.45) is 5.92 Å². The number of benzene rings is 1. The van der Waals surface area contributed by atoms with Gasteiger partial charge in [-0.05, 0) is 37.0 Å². The van der Waals surface area contributed by atoms with E-state index in [4.69, 9.17) is 0 Å². The fourth-order valence-corrected chi connectivity index (χ4v) is 1.96. The van der Waals surface area contributed by atoms with Crippen LogP contribution in [0, 0.1) is 5.92 Å². The van der Waals surface area contributed by atoms with E-state index in [1.807, 2.05) is 12.1 Å². The number of hydrogen-bond acceptors (Lipinski definition) is 2. The maximum Gasteiger partial charge on any atom is 0.115 e. The molecule has 0 heterocycles. The van der Waals surface area contributed by atoms with Crippen LogP contribution in [0.3, 0.4) is 0 Å². The molecule has 0 saturated heterocycles. The molecule has 1 aromatic rings. The van der Waals surface area contributed by atoms with E-state index in [0.717, 1.165) is 6.42 Å². The molecule has 0 aromatic heterocycles. The first-order valence-electron chi connectivity index (χ1n) is 6.09. The van der Waals surface area contributed by atoms with Crippen LogP contribution in [0.15, 0.2) is 24.3 Å². The van der Waals surface area contributed by atoms with Crippen LogP contribution in [0.5, 0.6) is 5.75 Å². The highest BCUT2D eigenvalue weighted by molar-refractivity contribution is 5.27. The molecule has 0 spiro atoms. The van der Waals surface area contributed by atoms with Crippen molar-refractivity contribution in [2.45, 2.75) is 46.2 Å². The third kappa shape index (κ3) is 3.53. The third-order valence-electron chi connectivity index (χ3n) is 3.10. The minimum atomic E-state index is 0.326. The molecule has 2 unspecified atom stereocenters. The van der Waals surface area contributed by atoms with Gasteiger partial charge in [0.25, 0.3) is 0 Å². The molecule has 0 aliphatic rings. The minimum absolute atomic E-state index is 0.326. The molecule has 0 aliphatic heterocycles. The van der Waals surface area contributed by atoms with E-state index in [2.05, 4.69) is 33.0 Å². The molecular formula is C14H23NO. The average Bonchev–Trinajstić information content (AvgIpc) is 2.26. The Balaban J connectivity index is 2.64. The number of hydrogen-bond donors (Lipinski definition) is 2. The first kappa shape index (κ1) is 13.0. The van der Waals surface area contributed by atoms with Gasteiger partial charge in [0.1, 0.15) is 5.75 Å². The van der Waals surface area contributed by atoms with Gasteiger partial charge in [-0.3, -0.25) is 0 Å². The van der Waals surface area contributed by atoms with Crippen LogP contribution in [0.25, 0.3) is 0 Å². The lowest BCUT2D eigenvalue weighted by Gasteiger charge is -2.25. The number of phenolic OH excluding ortho intramolecular Hbond substituents is 1. The van der Waals surface area contributed by atoms with Crippen molar-refractivity contribution in [2.75, 3.05) is 0 Å². The van der Waals surface area contributed by atoms with Gasteiger partial charge in [0.05, 0.1) is 0 Å². The second kappa shape index (κ2) is 5.90. The zero-order valence-corrected chi connectivity index (χ0v) is 10.7. The smallest absolute Gasteiger partial charge is 0.115 e. The van der Waals surface area contributed by atoms with Gasteiger partial charge in [0.2, 0.25) is 0 Å². The second-order valence-electron chi connectivity index (χ2n) is 4.74. The van der Waals surface area contributed by atoms with Gasteiger partial charge in [-0.15, -0.1) is 0 Å². The summed E-state index contributed by atoms with van der Waals surface area (Å²) in [6.45, 7) is 8.86. The van der Waals surface area contributed by atoms with Crippen LogP contribution in [-0.4, -0.2) is 11.1 Å². The van der Waals surface area contributed by atoms with Gasteiger partial charge in [0, 0.05) is 12.1 Å². The van der Waals surface area contributed by atoms with Crippen LogP contribution >= 0.6 is 0 Å². The van der Waals surface area contributed by atoms with Crippen LogP contribution in [0.4, 0.5) is 0 Å². The highest BCUT2D eigenvalue weighted by Gasteiger charge is 2.14. The molecule has 1 aromatic carbocycles. The molecule has 16 heavy (non-hydrogen) atoms. The molecule has 2 N–H and O–H groups in total. The fraction of sp³-hybridized carbons (Fsp3) is 0.571. The Hall–Kier alpha value is -1.02. The Kier molecular flexibility index (Phi) is 4.81. The lowest BCUT2D eigenvalue weighted by atomic mass is 9.99. The van der Waals surface area contributed by atoms with E-state index in [-0.39, 0.29) is 0 Å². The Morgan fingerprint density at radius 2 is 1.69 bits per heavy atom. The van der Waals surface area contributed by atoms with Crippen LogP contribution in [-0.2, 0) is 0 Å². The van der Waals surface area contributed by atoms with E-state index in [0.29, 0.717) is 23.8 Å². The zero-order chi connectivity index (χ0) is 12.1. The second-order valence-corrected chi connectivity index (χ2v) is 4.74. The summed E-state index contributed by atoms with van der Waals surface area (Å²) in [6.07, 6.45) is 1.14. The molecule has 0 radical (unpaired) electrons. The summed E-state index contributed by atoms with van der Waals surface area (Å²) in [6, 6.07) is 8.30. The Morgan fingerprint density at radius 1 is 1.12 bits per heavy atom. The van der Waals surface area contributed by atoms with Crippen LogP contribution < -0.4 is 5.32 Å². The molecule has 1 rings (SSSR count). The summed E-state index contributed by atoms with van der Waals surface area (Å²) in [5.74, 6) is 0.969. The summed E-state index contributed by atoms with van der Waals surface area (Å²) in [7, 11) is 0. The molecule has 90 valence electrons. The maximum atomic E-state index is 9.23. The summed E-state index contributed by atoms with van der Waals surface area (Å²) in [5, 5.41) is 12.9. The van der Waals surface area contributed by atoms with Crippen molar-refractivity contribution in [1.29, 1.82) is 0 Å². The third-order valence-corrected chi connectivity index (χ3v) is 3.10. The monoisotopic (exact) mass is 221 g/mol. The Labute approximate surface area is 98.7 Å². The van der Waals surface area contributed by atoms with Crippen molar-refractivity contribution in [1.82, 2.24) is 5.32 Å². The van der Waals surface area contributed by atoms with E-state index in [1.54, 1.807) is 12.1 Å². The molecule has 0 amide bonds. The van der Waals surface area contributed by atoms with E-state index in [1.165, 1.54) is 5.56 Å². The highest BCUT2D eigenvalue weighted by Crippen LogP contribution is 2.18. The van der Waals surface area contributed by atoms with Gasteiger partial charge in [-0.25, -0.2) is 0 Å². The molecule has 2 atom stereocenters. The van der Waals surface area contributed by atoms with E-state index >= 15 is 0 Å². The molecule has 2 nitrogen and oxygen atoms in total. The summed E-state index contributed by atoms with van der Waals surface area (Å²) in [5.41, 5.74) is 1.22. The molecule has 2 heteroatoms. The molecule has 0 bridgehead atoms. The van der Waals surface area contributed by atoms with E-state index < -0.39 is 0 Å². The molecular weight excluding hydrogens is 198 g/mol. The number of nitrogens with one attached hydrogen (secondary N) is 1. The van der Waals surface area contributed by atoms with Gasteiger partial charge < -0.3 is 10.4 Å². The summed E-state index contributed by atoms with van der Waals surface area (Å²) < 4.78 is 0. The quantitative estimate of drug-likeness (QED) is 0.798. The maximum absolute atomic E-state index is 9.23. The van der Waals surface area contributed by atoms with Gasteiger partial charge in [0.15, 0.2) is 0 Å². The predicted molar refractivity (Wildman–Crippen MR) is 68.6 cm³/mol. The first-order valence-corrected chi connectivity index (χ1v) is 6.09. The van der Waals surface area contributed by atoms with Crippen molar-refractivity contribution >= 4 is 0 Å². The van der Waals surface area contributed by atoms with Crippen molar-refractivity contribution < 1.29 is 5.11 Å². The fourth-order valence-electron chi connectivity index (χ4n) is 1.96.